The van der Waals surface area contributed by atoms with Gasteiger partial charge in [-0.15, -0.1) is 11.8 Å². The van der Waals surface area contributed by atoms with Crippen LogP contribution in [0, 0.1) is 0 Å². The van der Waals surface area contributed by atoms with Crippen molar-refractivity contribution in [3.8, 4) is 0 Å². The molecule has 1 N–H and O–H groups in total. The first-order valence-corrected chi connectivity index (χ1v) is 9.50. The maximum atomic E-state index is 12.4. The third-order valence-electron chi connectivity index (χ3n) is 4.22. The second-order valence-electron chi connectivity index (χ2n) is 6.01. The summed E-state index contributed by atoms with van der Waals surface area (Å²) in [6.45, 7) is 2.09. The second kappa shape index (κ2) is 8.19. The normalized spacial score (nSPS) is 14.3. The summed E-state index contributed by atoms with van der Waals surface area (Å²) in [6, 6.07) is 15.9. The first-order valence-electron chi connectivity index (χ1n) is 8.52. The van der Waals surface area contributed by atoms with E-state index in [0.717, 1.165) is 17.1 Å². The number of hydrogen-bond acceptors (Lipinski definition) is 4. The van der Waals surface area contributed by atoms with Crippen LogP contribution in [0.25, 0.3) is 0 Å². The Labute approximate surface area is 156 Å². The fourth-order valence-corrected chi connectivity index (χ4v) is 3.69. The summed E-state index contributed by atoms with van der Waals surface area (Å²) in [4.78, 5) is 39.4. The molecule has 0 radical (unpaired) electrons. The molecule has 0 fully saturated rings. The fourth-order valence-electron chi connectivity index (χ4n) is 2.82. The topological polar surface area (TPSA) is 66.5 Å². The van der Waals surface area contributed by atoms with Gasteiger partial charge in [-0.1, -0.05) is 30.3 Å². The van der Waals surface area contributed by atoms with Crippen molar-refractivity contribution in [2.45, 2.75) is 24.3 Å². The minimum absolute atomic E-state index is 0.316. The van der Waals surface area contributed by atoms with Crippen molar-refractivity contribution in [3.63, 3.8) is 0 Å². The second-order valence-corrected chi connectivity index (χ2v) is 7.18. The zero-order valence-corrected chi connectivity index (χ0v) is 15.3. The van der Waals surface area contributed by atoms with Gasteiger partial charge in [-0.2, -0.15) is 0 Å². The largest absolute Gasteiger partial charge is 0.354 e. The highest BCUT2D eigenvalue weighted by molar-refractivity contribution is 7.99. The number of carbonyl (C=O) groups excluding carboxylic acids is 3. The van der Waals surface area contributed by atoms with Gasteiger partial charge >= 0.3 is 0 Å². The van der Waals surface area contributed by atoms with Crippen LogP contribution in [0.5, 0.6) is 0 Å². The predicted molar refractivity (Wildman–Crippen MR) is 101 cm³/mol. The zero-order chi connectivity index (χ0) is 18.5. The van der Waals surface area contributed by atoms with Gasteiger partial charge in [0.2, 0.25) is 5.91 Å². The summed E-state index contributed by atoms with van der Waals surface area (Å²) in [5.41, 5.74) is 0.716. The van der Waals surface area contributed by atoms with E-state index in [1.807, 2.05) is 30.3 Å². The number of nitrogens with zero attached hydrogens (tertiary/aromatic N) is 1. The van der Waals surface area contributed by atoms with Crippen molar-refractivity contribution >= 4 is 29.5 Å². The average molecular weight is 368 g/mol. The zero-order valence-electron chi connectivity index (χ0n) is 14.5. The number of thioether (sulfide) groups is 1. The van der Waals surface area contributed by atoms with Gasteiger partial charge in [-0.25, -0.2) is 0 Å². The monoisotopic (exact) mass is 368 g/mol. The van der Waals surface area contributed by atoms with E-state index in [9.17, 15) is 14.4 Å². The van der Waals surface area contributed by atoms with Gasteiger partial charge in [0, 0.05) is 11.4 Å². The lowest BCUT2D eigenvalue weighted by Gasteiger charge is -2.21. The van der Waals surface area contributed by atoms with Gasteiger partial charge in [0.25, 0.3) is 11.8 Å². The number of rotatable bonds is 7. The minimum atomic E-state index is -0.829. The molecule has 0 aromatic heterocycles. The standard InChI is InChI=1S/C20H20N2O3S/c1-14(22-19(24)16-10-5-6-11-17(16)20(22)25)18(23)21-12-7-13-26-15-8-3-2-4-9-15/h2-6,8-11,14H,7,12-13H2,1H3,(H,21,23). The van der Waals surface area contributed by atoms with Crippen LogP contribution in [0.1, 0.15) is 34.1 Å². The highest BCUT2D eigenvalue weighted by atomic mass is 32.2. The smallest absolute Gasteiger partial charge is 0.262 e. The number of imide groups is 1. The van der Waals surface area contributed by atoms with E-state index >= 15 is 0 Å². The van der Waals surface area contributed by atoms with E-state index < -0.39 is 17.9 Å². The summed E-state index contributed by atoms with van der Waals surface area (Å²) in [7, 11) is 0. The molecule has 0 saturated heterocycles. The Balaban J connectivity index is 1.48. The number of fused-ring (bicyclic) bond motifs is 1. The molecule has 1 heterocycles. The Kier molecular flexibility index (Phi) is 5.73. The molecular weight excluding hydrogens is 348 g/mol. The van der Waals surface area contributed by atoms with Crippen molar-refractivity contribution in [1.29, 1.82) is 0 Å². The number of benzene rings is 2. The SMILES string of the molecule is CC(C(=O)NCCCSc1ccccc1)N1C(=O)c2ccccc2C1=O. The lowest BCUT2D eigenvalue weighted by atomic mass is 10.1. The predicted octanol–water partition coefficient (Wildman–Crippen LogP) is 2.97. The lowest BCUT2D eigenvalue weighted by molar-refractivity contribution is -0.124. The number of nitrogens with one attached hydrogen (secondary N) is 1. The maximum Gasteiger partial charge on any atom is 0.262 e. The summed E-state index contributed by atoms with van der Waals surface area (Å²) in [6.07, 6.45) is 0.806. The molecule has 26 heavy (non-hydrogen) atoms. The van der Waals surface area contributed by atoms with Crippen LogP contribution in [0.3, 0.4) is 0 Å². The Morgan fingerprint density at radius 2 is 1.58 bits per heavy atom. The fraction of sp³-hybridized carbons (Fsp3) is 0.250. The molecule has 2 aromatic rings. The first-order chi connectivity index (χ1) is 12.6. The number of amides is 3. The van der Waals surface area contributed by atoms with Gasteiger partial charge in [0.1, 0.15) is 6.04 Å². The molecule has 3 amide bonds. The van der Waals surface area contributed by atoms with Gasteiger partial charge in [0.15, 0.2) is 0 Å². The molecule has 0 aliphatic carbocycles. The first kappa shape index (κ1) is 18.2. The van der Waals surface area contributed by atoms with Crippen LogP contribution >= 0.6 is 11.8 Å². The Morgan fingerprint density at radius 1 is 1.00 bits per heavy atom. The van der Waals surface area contributed by atoms with Gasteiger partial charge in [0.05, 0.1) is 11.1 Å². The quantitative estimate of drug-likeness (QED) is 0.464. The Bertz CT molecular complexity index is 788. The molecule has 1 aliphatic rings. The summed E-state index contributed by atoms with van der Waals surface area (Å²) >= 11 is 1.73. The molecule has 0 saturated carbocycles. The molecule has 6 heteroatoms. The molecular formula is C20H20N2O3S. The molecule has 2 aromatic carbocycles. The van der Waals surface area contributed by atoms with Crippen LogP contribution in [0.15, 0.2) is 59.5 Å². The molecule has 0 spiro atoms. The van der Waals surface area contributed by atoms with Crippen molar-refractivity contribution < 1.29 is 14.4 Å². The molecule has 1 atom stereocenters. The van der Waals surface area contributed by atoms with E-state index in [0.29, 0.717) is 17.7 Å². The molecule has 3 rings (SSSR count). The van der Waals surface area contributed by atoms with Crippen LogP contribution < -0.4 is 5.32 Å². The molecule has 134 valence electrons. The maximum absolute atomic E-state index is 12.4. The third kappa shape index (κ3) is 3.80. The van der Waals surface area contributed by atoms with Crippen molar-refractivity contribution in [2.24, 2.45) is 0 Å². The minimum Gasteiger partial charge on any atom is -0.354 e. The van der Waals surface area contributed by atoms with Crippen LogP contribution in [-0.4, -0.2) is 41.0 Å². The van der Waals surface area contributed by atoms with Gasteiger partial charge in [-0.3, -0.25) is 19.3 Å². The van der Waals surface area contributed by atoms with Crippen LogP contribution in [0.4, 0.5) is 0 Å². The highest BCUT2D eigenvalue weighted by Gasteiger charge is 2.40. The Hall–Kier alpha value is -2.60. The molecule has 1 unspecified atom stereocenters. The molecule has 5 nitrogen and oxygen atoms in total. The third-order valence-corrected chi connectivity index (χ3v) is 5.32. The van der Waals surface area contributed by atoms with E-state index in [-0.39, 0.29) is 5.91 Å². The van der Waals surface area contributed by atoms with E-state index in [2.05, 4.69) is 5.32 Å². The number of hydrogen-bond donors (Lipinski definition) is 1. The molecule has 1 aliphatic heterocycles. The number of carbonyl (C=O) groups is 3. The summed E-state index contributed by atoms with van der Waals surface area (Å²) in [5.74, 6) is -0.254. The lowest BCUT2D eigenvalue weighted by Crippen LogP contribution is -2.48. The average Bonchev–Trinajstić information content (AvgIpc) is 2.92. The summed E-state index contributed by atoms with van der Waals surface area (Å²) < 4.78 is 0. The van der Waals surface area contributed by atoms with Crippen LogP contribution in [-0.2, 0) is 4.79 Å². The highest BCUT2D eigenvalue weighted by Crippen LogP contribution is 2.24. The van der Waals surface area contributed by atoms with Crippen molar-refractivity contribution in [2.75, 3.05) is 12.3 Å². The Morgan fingerprint density at radius 3 is 2.19 bits per heavy atom. The van der Waals surface area contributed by atoms with Crippen molar-refractivity contribution in [1.82, 2.24) is 10.2 Å². The van der Waals surface area contributed by atoms with E-state index in [4.69, 9.17) is 0 Å². The van der Waals surface area contributed by atoms with Crippen LogP contribution in [0.2, 0.25) is 0 Å². The molecule has 0 bridgehead atoms. The van der Waals surface area contributed by atoms with Gasteiger partial charge in [-0.05, 0) is 43.4 Å². The van der Waals surface area contributed by atoms with E-state index in [1.165, 1.54) is 4.90 Å². The van der Waals surface area contributed by atoms with Crippen molar-refractivity contribution in [3.05, 3.63) is 65.7 Å². The van der Waals surface area contributed by atoms with E-state index in [1.54, 1.807) is 43.0 Å². The van der Waals surface area contributed by atoms with Gasteiger partial charge < -0.3 is 5.32 Å². The summed E-state index contributed by atoms with van der Waals surface area (Å²) in [5, 5.41) is 2.82.